The second kappa shape index (κ2) is 7.15. The fraction of sp³-hybridized carbons (Fsp3) is 0.111. The number of benzene rings is 4. The summed E-state index contributed by atoms with van der Waals surface area (Å²) in [5.74, 6) is 0. The molecule has 4 aromatic carbocycles. The number of nitrogens with one attached hydrogen (secondary N) is 2. The third kappa shape index (κ3) is 2.77. The summed E-state index contributed by atoms with van der Waals surface area (Å²) in [4.78, 5) is 0. The van der Waals surface area contributed by atoms with Crippen molar-refractivity contribution in [3.8, 4) is 22.3 Å². The summed E-state index contributed by atoms with van der Waals surface area (Å²) in [7, 11) is 0. The van der Waals surface area contributed by atoms with E-state index in [0.29, 0.717) is 6.42 Å². The molecule has 4 heteroatoms. The van der Waals surface area contributed by atoms with Crippen LogP contribution in [-0.4, -0.2) is 0 Å². The van der Waals surface area contributed by atoms with Crippen LogP contribution in [0.4, 0.5) is 11.4 Å². The first-order valence-electron chi connectivity index (χ1n) is 10.7. The van der Waals surface area contributed by atoms with E-state index in [1.165, 1.54) is 0 Å². The lowest BCUT2D eigenvalue weighted by atomic mass is 9.82. The van der Waals surface area contributed by atoms with Crippen LogP contribution in [0.25, 0.3) is 22.3 Å². The summed E-state index contributed by atoms with van der Waals surface area (Å²) in [5, 5.41) is 27.4. The third-order valence-corrected chi connectivity index (χ3v) is 6.74. The van der Waals surface area contributed by atoms with Crippen LogP contribution in [0.5, 0.6) is 0 Å². The lowest BCUT2D eigenvalue weighted by Crippen LogP contribution is -3.06. The average molecular weight is 406 g/mol. The Balaban J connectivity index is 1.47. The predicted molar refractivity (Wildman–Crippen MR) is 122 cm³/mol. The van der Waals surface area contributed by atoms with Crippen LogP contribution in [-0.2, 0) is 0 Å². The Labute approximate surface area is 181 Å². The van der Waals surface area contributed by atoms with Crippen LogP contribution < -0.4 is 10.1 Å². The standard InChI is InChI=1S/C27H22N2O2/c30-28-24-15-7-5-11-20(24)18-9-1-3-13-22(18)26(28)17-27-23-14-4-2-10-19(23)21-12-6-8-16-25(21)29(27)31/h1-16,26-29H,17H2. The fourth-order valence-electron chi connectivity index (χ4n) is 5.32. The van der Waals surface area contributed by atoms with Gasteiger partial charge in [0, 0.05) is 34.4 Å². The summed E-state index contributed by atoms with van der Waals surface area (Å²) < 4.78 is 0. The first-order chi connectivity index (χ1) is 15.2. The Morgan fingerprint density at radius 3 is 1.29 bits per heavy atom. The minimum Gasteiger partial charge on any atom is -0.628 e. The number of hydrogen-bond acceptors (Lipinski definition) is 2. The molecule has 31 heavy (non-hydrogen) atoms. The molecular formula is C27H22N2O2. The first-order valence-corrected chi connectivity index (χ1v) is 10.7. The second-order valence-corrected chi connectivity index (χ2v) is 8.34. The van der Waals surface area contributed by atoms with Crippen molar-refractivity contribution in [2.75, 3.05) is 0 Å². The smallest absolute Gasteiger partial charge is 0.139 e. The molecule has 4 nitrogen and oxygen atoms in total. The van der Waals surface area contributed by atoms with Crippen molar-refractivity contribution in [1.29, 1.82) is 0 Å². The molecule has 0 radical (unpaired) electrons. The van der Waals surface area contributed by atoms with E-state index in [9.17, 15) is 10.4 Å². The zero-order valence-electron chi connectivity index (χ0n) is 16.9. The summed E-state index contributed by atoms with van der Waals surface area (Å²) >= 11 is 0. The van der Waals surface area contributed by atoms with Gasteiger partial charge in [0.1, 0.15) is 23.5 Å². The van der Waals surface area contributed by atoms with E-state index < -0.39 is 0 Å². The van der Waals surface area contributed by atoms with Gasteiger partial charge in [-0.1, -0.05) is 72.8 Å². The van der Waals surface area contributed by atoms with E-state index in [1.54, 1.807) is 0 Å². The second-order valence-electron chi connectivity index (χ2n) is 8.34. The highest BCUT2D eigenvalue weighted by atomic mass is 16.5. The van der Waals surface area contributed by atoms with Gasteiger partial charge in [0.15, 0.2) is 0 Å². The Bertz CT molecular complexity index is 1190. The highest BCUT2D eigenvalue weighted by Crippen LogP contribution is 2.42. The number of hydrogen-bond donors (Lipinski definition) is 2. The Morgan fingerprint density at radius 1 is 0.484 bits per heavy atom. The quantitative estimate of drug-likeness (QED) is 0.489. The summed E-state index contributed by atoms with van der Waals surface area (Å²) in [6, 6.07) is 31.2. The molecule has 6 rings (SSSR count). The van der Waals surface area contributed by atoms with E-state index in [4.69, 9.17) is 0 Å². The molecule has 0 fully saturated rings. The molecule has 0 aliphatic carbocycles. The highest BCUT2D eigenvalue weighted by molar-refractivity contribution is 5.79. The maximum absolute atomic E-state index is 13.6. The van der Waals surface area contributed by atoms with E-state index >= 15 is 0 Å². The molecule has 2 aliphatic rings. The van der Waals surface area contributed by atoms with Crippen LogP contribution in [0.3, 0.4) is 0 Å². The van der Waals surface area contributed by atoms with Crippen molar-refractivity contribution in [3.63, 3.8) is 0 Å². The number of quaternary nitrogens is 2. The summed E-state index contributed by atoms with van der Waals surface area (Å²) in [5.41, 5.74) is 7.72. The van der Waals surface area contributed by atoms with Gasteiger partial charge < -0.3 is 20.5 Å². The van der Waals surface area contributed by atoms with Crippen molar-refractivity contribution in [2.24, 2.45) is 0 Å². The monoisotopic (exact) mass is 406 g/mol. The normalized spacial score (nSPS) is 23.3. The van der Waals surface area contributed by atoms with Crippen LogP contribution in [0.2, 0.25) is 0 Å². The maximum atomic E-state index is 13.6. The van der Waals surface area contributed by atoms with E-state index in [1.807, 2.05) is 84.9 Å². The van der Waals surface area contributed by atoms with Crippen molar-refractivity contribution in [3.05, 3.63) is 119 Å². The zero-order valence-corrected chi connectivity index (χ0v) is 16.9. The molecule has 0 amide bonds. The molecule has 2 N–H and O–H groups in total. The maximum Gasteiger partial charge on any atom is 0.139 e. The molecule has 0 spiro atoms. The Hall–Kier alpha value is -3.28. The lowest BCUT2D eigenvalue weighted by molar-refractivity contribution is -0.843. The van der Waals surface area contributed by atoms with Gasteiger partial charge in [-0.05, 0) is 23.3 Å². The molecule has 4 aromatic rings. The molecule has 2 aliphatic heterocycles. The van der Waals surface area contributed by atoms with Crippen molar-refractivity contribution < 1.29 is 10.1 Å². The van der Waals surface area contributed by atoms with Crippen molar-refractivity contribution >= 4 is 11.4 Å². The van der Waals surface area contributed by atoms with Gasteiger partial charge in [0.25, 0.3) is 0 Å². The summed E-state index contributed by atoms with van der Waals surface area (Å²) in [6.07, 6.45) is 0.481. The van der Waals surface area contributed by atoms with Crippen molar-refractivity contribution in [1.82, 2.24) is 0 Å². The average Bonchev–Trinajstić information content (AvgIpc) is 2.84. The van der Waals surface area contributed by atoms with Gasteiger partial charge in [-0.25, -0.2) is 0 Å². The lowest BCUT2D eigenvalue weighted by Gasteiger charge is -2.43. The molecule has 2 heterocycles. The highest BCUT2D eigenvalue weighted by Gasteiger charge is 2.38. The van der Waals surface area contributed by atoms with E-state index in [2.05, 4.69) is 12.1 Å². The van der Waals surface area contributed by atoms with Crippen molar-refractivity contribution in [2.45, 2.75) is 18.5 Å². The van der Waals surface area contributed by atoms with E-state index in [-0.39, 0.29) is 22.2 Å². The first kappa shape index (κ1) is 18.5. The van der Waals surface area contributed by atoms with Gasteiger partial charge >= 0.3 is 0 Å². The molecular weight excluding hydrogens is 384 g/mol. The van der Waals surface area contributed by atoms with Gasteiger partial charge in [0.05, 0.1) is 6.42 Å². The SMILES string of the molecule is [O-][NH+]1c2ccccc2-c2ccccc2C1CC1c2ccccc2-c2ccccc2[NH+]1[O-]. The number of hydroxylamine groups is 2. The molecule has 4 atom stereocenters. The number of rotatable bonds is 2. The number of fused-ring (bicyclic) bond motifs is 6. The topological polar surface area (TPSA) is 55.0 Å². The molecule has 0 saturated carbocycles. The van der Waals surface area contributed by atoms with Crippen LogP contribution in [0.15, 0.2) is 97.1 Å². The van der Waals surface area contributed by atoms with Gasteiger partial charge in [-0.15, -0.1) is 0 Å². The molecule has 0 aromatic heterocycles. The minimum absolute atomic E-state index is 0.110. The Kier molecular flexibility index (Phi) is 4.26. The van der Waals surface area contributed by atoms with Gasteiger partial charge in [-0.2, -0.15) is 0 Å². The van der Waals surface area contributed by atoms with Crippen LogP contribution >= 0.6 is 0 Å². The third-order valence-electron chi connectivity index (χ3n) is 6.74. The largest absolute Gasteiger partial charge is 0.628 e. The van der Waals surface area contributed by atoms with Crippen LogP contribution in [0.1, 0.15) is 29.6 Å². The molecule has 4 unspecified atom stereocenters. The molecule has 0 saturated heterocycles. The fourth-order valence-corrected chi connectivity index (χ4v) is 5.32. The number of para-hydroxylation sites is 2. The van der Waals surface area contributed by atoms with E-state index in [0.717, 1.165) is 44.8 Å². The zero-order chi connectivity index (χ0) is 20.9. The van der Waals surface area contributed by atoms with Gasteiger partial charge in [-0.3, -0.25) is 0 Å². The van der Waals surface area contributed by atoms with Gasteiger partial charge in [0.2, 0.25) is 0 Å². The summed E-state index contributed by atoms with van der Waals surface area (Å²) in [6.45, 7) is 0. The molecule has 0 bridgehead atoms. The minimum atomic E-state index is -0.335. The predicted octanol–water partition coefficient (Wildman–Crippen LogP) is 4.25. The Morgan fingerprint density at radius 2 is 0.839 bits per heavy atom. The molecule has 152 valence electrons. The van der Waals surface area contributed by atoms with Crippen LogP contribution in [0, 0.1) is 10.4 Å².